The zero-order valence-electron chi connectivity index (χ0n) is 26.3. The highest BCUT2D eigenvalue weighted by molar-refractivity contribution is 6.86. The molecule has 0 spiro atoms. The average molecular weight is 601 g/mol. The standard InChI is InChI=1S/C26H26N2Si.C15H15B/c1-21(2)18-22-10-9-15-25(19-22)29-26(28-17-16-27-20-28,23-11-5-3-6-12-23)24-13-7-4-8-14-24;1-3-7-13(8-4-1)16(15-11-12-15)14-9-5-2-6-10-14/h3-17,19-21H,18H2,1-2H3;1-10,15H,11-12H2. The summed E-state index contributed by atoms with van der Waals surface area (Å²) in [4.78, 5) is 4.41. The lowest BCUT2D eigenvalue weighted by molar-refractivity contribution is 0.596. The molecular weight excluding hydrogens is 559 g/mol. The van der Waals surface area contributed by atoms with Crippen molar-refractivity contribution in [3.8, 4) is 0 Å². The van der Waals surface area contributed by atoms with Crippen LogP contribution in [0, 0.1) is 5.92 Å². The molecule has 1 saturated carbocycles. The lowest BCUT2D eigenvalue weighted by Crippen LogP contribution is -2.46. The molecule has 2 radical (unpaired) electrons. The van der Waals surface area contributed by atoms with Crippen molar-refractivity contribution in [2.75, 3.05) is 0 Å². The summed E-state index contributed by atoms with van der Waals surface area (Å²) in [7, 11) is 0.531. The highest BCUT2D eigenvalue weighted by Crippen LogP contribution is 2.38. The highest BCUT2D eigenvalue weighted by Gasteiger charge is 2.37. The van der Waals surface area contributed by atoms with Crippen molar-refractivity contribution in [1.82, 2.24) is 9.55 Å². The Labute approximate surface area is 272 Å². The van der Waals surface area contributed by atoms with Crippen LogP contribution in [0.15, 0.2) is 164 Å². The summed E-state index contributed by atoms with van der Waals surface area (Å²) >= 11 is 0. The maximum absolute atomic E-state index is 4.41. The van der Waals surface area contributed by atoms with Gasteiger partial charge in [-0.15, -0.1) is 0 Å². The molecule has 0 unspecified atom stereocenters. The predicted octanol–water partition coefficient (Wildman–Crippen LogP) is 7.32. The number of nitrogens with zero attached hydrogens (tertiary/aromatic N) is 2. The van der Waals surface area contributed by atoms with Crippen molar-refractivity contribution in [2.24, 2.45) is 5.92 Å². The Bertz CT molecular complexity index is 1640. The van der Waals surface area contributed by atoms with Gasteiger partial charge in [0.2, 0.25) is 6.71 Å². The van der Waals surface area contributed by atoms with Gasteiger partial charge in [0.05, 0.1) is 11.5 Å². The number of benzene rings is 5. The summed E-state index contributed by atoms with van der Waals surface area (Å²) in [6.45, 7) is 5.17. The van der Waals surface area contributed by atoms with Crippen LogP contribution in [0.1, 0.15) is 43.4 Å². The summed E-state index contributed by atoms with van der Waals surface area (Å²) in [6, 6.07) is 52.5. The molecule has 1 aromatic heterocycles. The fraction of sp³-hybridized carbons (Fsp3) is 0.195. The van der Waals surface area contributed by atoms with E-state index in [1.54, 1.807) is 0 Å². The molecule has 5 aromatic carbocycles. The van der Waals surface area contributed by atoms with Crippen LogP contribution in [0.2, 0.25) is 5.82 Å². The van der Waals surface area contributed by atoms with Gasteiger partial charge in [0.25, 0.3) is 0 Å². The van der Waals surface area contributed by atoms with Gasteiger partial charge < -0.3 is 4.57 Å². The molecule has 0 N–H and O–H groups in total. The number of rotatable bonds is 10. The van der Waals surface area contributed by atoms with Crippen molar-refractivity contribution in [1.29, 1.82) is 0 Å². The van der Waals surface area contributed by atoms with E-state index >= 15 is 0 Å². The Balaban J connectivity index is 0.000000187. The van der Waals surface area contributed by atoms with Gasteiger partial charge in [0.15, 0.2) is 0 Å². The third-order valence-electron chi connectivity index (χ3n) is 8.58. The third-order valence-corrected chi connectivity index (χ3v) is 10.4. The molecule has 0 saturated heterocycles. The van der Waals surface area contributed by atoms with Crippen molar-refractivity contribution in [3.05, 3.63) is 181 Å². The van der Waals surface area contributed by atoms with E-state index in [1.165, 1.54) is 45.6 Å². The van der Waals surface area contributed by atoms with Gasteiger partial charge in [-0.2, -0.15) is 0 Å². The Morgan fingerprint density at radius 3 is 1.71 bits per heavy atom. The molecule has 4 heteroatoms. The SMILES string of the molecule is CC(C)Cc1cccc([Si]C(c2ccccc2)(c2ccccc2)n2ccnc2)c1.c1ccc(B(c2ccccc2)C2CC2)cc1. The number of hydrogen-bond donors (Lipinski definition) is 0. The predicted molar refractivity (Wildman–Crippen MR) is 193 cm³/mol. The van der Waals surface area contributed by atoms with E-state index in [0.717, 1.165) is 12.2 Å². The van der Waals surface area contributed by atoms with Gasteiger partial charge in [-0.1, -0.05) is 194 Å². The molecule has 1 aliphatic carbocycles. The van der Waals surface area contributed by atoms with Crippen LogP contribution < -0.4 is 16.1 Å². The molecule has 2 nitrogen and oxygen atoms in total. The first kappa shape index (κ1) is 30.6. The summed E-state index contributed by atoms with van der Waals surface area (Å²) in [5.74, 6) is 1.51. The lowest BCUT2D eigenvalue weighted by atomic mass is 9.37. The second kappa shape index (κ2) is 14.6. The van der Waals surface area contributed by atoms with Crippen LogP contribution in [-0.2, 0) is 11.6 Å². The smallest absolute Gasteiger partial charge is 0.212 e. The van der Waals surface area contributed by atoms with E-state index in [2.05, 4.69) is 175 Å². The summed E-state index contributed by atoms with van der Waals surface area (Å²) in [6.07, 6.45) is 9.78. The molecule has 1 fully saturated rings. The van der Waals surface area contributed by atoms with Crippen molar-refractivity contribution in [2.45, 2.75) is 44.1 Å². The van der Waals surface area contributed by atoms with E-state index in [1.807, 2.05) is 12.5 Å². The maximum Gasteiger partial charge on any atom is 0.212 e. The number of imidazole rings is 1. The van der Waals surface area contributed by atoms with Crippen molar-refractivity contribution >= 4 is 32.3 Å². The second-order valence-electron chi connectivity index (χ2n) is 12.5. The summed E-state index contributed by atoms with van der Waals surface area (Å²) < 4.78 is 2.27. The molecule has 6 aromatic rings. The van der Waals surface area contributed by atoms with Gasteiger partial charge in [0, 0.05) is 12.4 Å². The van der Waals surface area contributed by atoms with Gasteiger partial charge in [-0.25, -0.2) is 4.98 Å². The number of aromatic nitrogens is 2. The fourth-order valence-corrected chi connectivity index (χ4v) is 8.17. The summed E-state index contributed by atoms with van der Waals surface area (Å²) in [5.41, 5.74) is 6.90. The van der Waals surface area contributed by atoms with Gasteiger partial charge in [-0.3, -0.25) is 0 Å². The molecule has 1 aliphatic rings. The van der Waals surface area contributed by atoms with E-state index in [4.69, 9.17) is 0 Å². The zero-order valence-corrected chi connectivity index (χ0v) is 27.3. The normalized spacial score (nSPS) is 12.8. The van der Waals surface area contributed by atoms with Crippen LogP contribution in [0.5, 0.6) is 0 Å². The van der Waals surface area contributed by atoms with Gasteiger partial charge >= 0.3 is 0 Å². The Morgan fingerprint density at radius 2 is 1.24 bits per heavy atom. The van der Waals surface area contributed by atoms with E-state index in [9.17, 15) is 0 Å². The minimum atomic E-state index is -0.324. The lowest BCUT2D eigenvalue weighted by Gasteiger charge is -2.36. The topological polar surface area (TPSA) is 17.8 Å². The molecule has 45 heavy (non-hydrogen) atoms. The van der Waals surface area contributed by atoms with Crippen LogP contribution in [-0.4, -0.2) is 25.8 Å². The van der Waals surface area contributed by atoms with Crippen LogP contribution >= 0.6 is 0 Å². The van der Waals surface area contributed by atoms with Gasteiger partial charge in [0.1, 0.15) is 9.52 Å². The molecule has 0 amide bonds. The molecule has 0 aliphatic heterocycles. The van der Waals surface area contributed by atoms with E-state index < -0.39 is 0 Å². The minimum absolute atomic E-state index is 0.324. The number of hydrogen-bond acceptors (Lipinski definition) is 1. The molecule has 7 rings (SSSR count). The maximum atomic E-state index is 4.41. The Kier molecular flexibility index (Phi) is 9.92. The van der Waals surface area contributed by atoms with Crippen LogP contribution in [0.3, 0.4) is 0 Å². The molecule has 1 heterocycles. The first-order chi connectivity index (χ1) is 22.1. The first-order valence-corrected chi connectivity index (χ1v) is 17.2. The largest absolute Gasteiger partial charge is 0.326 e. The monoisotopic (exact) mass is 600 g/mol. The molecule has 0 bridgehead atoms. The Hall–Kier alpha value is -4.41. The summed E-state index contributed by atoms with van der Waals surface area (Å²) in [5, 5.41) is 1.04. The van der Waals surface area contributed by atoms with Crippen LogP contribution in [0.4, 0.5) is 0 Å². The highest BCUT2D eigenvalue weighted by atomic mass is 28.2. The molecule has 0 atom stereocenters. The minimum Gasteiger partial charge on any atom is -0.326 e. The van der Waals surface area contributed by atoms with E-state index in [-0.39, 0.29) is 5.16 Å². The van der Waals surface area contributed by atoms with Gasteiger partial charge in [-0.05, 0) is 29.0 Å². The van der Waals surface area contributed by atoms with E-state index in [0.29, 0.717) is 22.2 Å². The molecule has 222 valence electrons. The zero-order chi connectivity index (χ0) is 30.9. The van der Waals surface area contributed by atoms with Crippen LogP contribution in [0.25, 0.3) is 0 Å². The quantitative estimate of drug-likeness (QED) is 0.151. The van der Waals surface area contributed by atoms with Crippen molar-refractivity contribution < 1.29 is 0 Å². The average Bonchev–Trinajstić information content (AvgIpc) is 3.76. The Morgan fingerprint density at radius 1 is 0.711 bits per heavy atom. The third kappa shape index (κ3) is 7.46. The second-order valence-corrected chi connectivity index (χ2v) is 14.0. The first-order valence-electron chi connectivity index (χ1n) is 16.2. The molecular formula is C41H41BN2Si. The fourth-order valence-electron chi connectivity index (χ4n) is 6.43. The van der Waals surface area contributed by atoms with Crippen molar-refractivity contribution in [3.63, 3.8) is 0 Å².